The molecule has 2 unspecified atom stereocenters. The Hall–Kier alpha value is -2.25. The molecule has 1 aliphatic heterocycles. The van der Waals surface area contributed by atoms with Crippen molar-refractivity contribution in [1.82, 2.24) is 4.90 Å². The topological polar surface area (TPSA) is 96.0 Å². The maximum absolute atomic E-state index is 11.9. The minimum Gasteiger partial charge on any atom is -0.508 e. The minimum absolute atomic E-state index is 0.0204. The molecule has 6 nitrogen and oxygen atoms in total. The molecule has 1 aromatic carbocycles. The van der Waals surface area contributed by atoms with Crippen molar-refractivity contribution < 1.29 is 19.7 Å². The van der Waals surface area contributed by atoms with Crippen LogP contribution in [0, 0.1) is 5.92 Å². The van der Waals surface area contributed by atoms with Gasteiger partial charge in [-0.2, -0.15) is 0 Å². The number of benzene rings is 1. The average Bonchev–Trinajstić information content (AvgIpc) is 2.77. The normalized spacial score (nSPS) is 22.0. The highest BCUT2D eigenvalue weighted by molar-refractivity contribution is 6.00. The fraction of sp³-hybridized carbons (Fsp3) is 0.458. The molecule has 3 rings (SSSR count). The second-order valence-electron chi connectivity index (χ2n) is 7.98. The van der Waals surface area contributed by atoms with E-state index in [1.165, 1.54) is 12.7 Å². The number of hydrogen-bond donors (Lipinski definition) is 3. The Morgan fingerprint density at radius 2 is 2.13 bits per heavy atom. The van der Waals surface area contributed by atoms with Gasteiger partial charge in [-0.1, -0.05) is 36.4 Å². The zero-order valence-corrected chi connectivity index (χ0v) is 17.5. The molecule has 1 aromatic rings. The number of aliphatic hydroxyl groups is 2. The number of ketones is 1. The molecule has 0 aromatic heterocycles. The number of nitrogens with two attached hydrogens (primary N) is 1. The van der Waals surface area contributed by atoms with Gasteiger partial charge in [0.25, 0.3) is 0 Å². The van der Waals surface area contributed by atoms with E-state index in [0.29, 0.717) is 24.5 Å². The molecular weight excluding hydrogens is 380 g/mol. The number of ether oxygens (including phenoxy) is 1. The molecule has 1 saturated heterocycles. The Bertz CT molecular complexity index is 822. The number of rotatable bonds is 8. The van der Waals surface area contributed by atoms with Gasteiger partial charge >= 0.3 is 0 Å². The summed E-state index contributed by atoms with van der Waals surface area (Å²) in [5.41, 5.74) is 8.55. The van der Waals surface area contributed by atoms with Gasteiger partial charge in [0.05, 0.1) is 5.57 Å². The van der Waals surface area contributed by atoms with Crippen LogP contribution in [0.3, 0.4) is 0 Å². The Morgan fingerprint density at radius 1 is 1.37 bits per heavy atom. The standard InChI is InChI=1S/C24H32N2O4/c1-30-16-23(28)21-7-5-17(14-22(21)27)6-8-24(29)26-11-9-19(10-12-26)20-4-2-3-18(13-20)15-25/h2-4,6-8,13-14,17,19,24,27,29H,5,9-12,15-16,25H2,1H3/b8-6+. The Balaban J connectivity index is 1.51. The molecule has 0 bridgehead atoms. The van der Waals surface area contributed by atoms with E-state index in [1.807, 2.05) is 6.08 Å². The molecule has 1 fully saturated rings. The summed E-state index contributed by atoms with van der Waals surface area (Å²) in [5, 5.41) is 20.7. The number of likely N-dealkylation sites (tertiary alicyclic amines) is 1. The predicted molar refractivity (Wildman–Crippen MR) is 117 cm³/mol. The first-order chi connectivity index (χ1) is 14.5. The van der Waals surface area contributed by atoms with Gasteiger partial charge in [0.15, 0.2) is 5.78 Å². The number of Topliss-reactive ketones (excluding diaryl/α,β-unsaturated/α-hetero) is 1. The second kappa shape index (κ2) is 10.7. The Morgan fingerprint density at radius 3 is 2.80 bits per heavy atom. The monoisotopic (exact) mass is 412 g/mol. The summed E-state index contributed by atoms with van der Waals surface area (Å²) in [6.07, 6.45) is 9.01. The van der Waals surface area contributed by atoms with Crippen LogP contribution in [0.4, 0.5) is 0 Å². The SMILES string of the molecule is COCC(=O)C1=CCC(/C=C/C(O)N2CCC(c3cccc(CN)c3)CC2)C=C1O. The second-order valence-corrected chi connectivity index (χ2v) is 7.98. The summed E-state index contributed by atoms with van der Waals surface area (Å²) in [6.45, 7) is 2.16. The van der Waals surface area contributed by atoms with Crippen LogP contribution in [0.2, 0.25) is 0 Å². The van der Waals surface area contributed by atoms with E-state index in [2.05, 4.69) is 29.2 Å². The molecule has 1 aliphatic carbocycles. The van der Waals surface area contributed by atoms with E-state index in [-0.39, 0.29) is 24.1 Å². The minimum atomic E-state index is -0.655. The van der Waals surface area contributed by atoms with Gasteiger partial charge in [-0.3, -0.25) is 9.69 Å². The highest BCUT2D eigenvalue weighted by Crippen LogP contribution is 2.29. The van der Waals surface area contributed by atoms with E-state index >= 15 is 0 Å². The van der Waals surface area contributed by atoms with Crippen LogP contribution in [-0.4, -0.2) is 53.9 Å². The molecule has 0 radical (unpaired) electrons. The lowest BCUT2D eigenvalue weighted by molar-refractivity contribution is -0.119. The van der Waals surface area contributed by atoms with E-state index in [0.717, 1.165) is 31.5 Å². The third kappa shape index (κ3) is 5.67. The van der Waals surface area contributed by atoms with Crippen molar-refractivity contribution in [3.05, 3.63) is 71.0 Å². The Labute approximate surface area is 178 Å². The molecule has 6 heteroatoms. The van der Waals surface area contributed by atoms with Crippen LogP contribution in [0.1, 0.15) is 36.3 Å². The summed E-state index contributed by atoms with van der Waals surface area (Å²) in [4.78, 5) is 14.0. The zero-order chi connectivity index (χ0) is 21.5. The highest BCUT2D eigenvalue weighted by Gasteiger charge is 2.24. The molecule has 2 atom stereocenters. The number of carbonyl (C=O) groups is 1. The van der Waals surface area contributed by atoms with Crippen molar-refractivity contribution in [3.8, 4) is 0 Å². The first-order valence-corrected chi connectivity index (χ1v) is 10.5. The maximum atomic E-state index is 11.9. The number of allylic oxidation sites excluding steroid dienone is 4. The van der Waals surface area contributed by atoms with Crippen molar-refractivity contribution in [1.29, 1.82) is 0 Å². The average molecular weight is 413 g/mol. The van der Waals surface area contributed by atoms with E-state index in [9.17, 15) is 15.0 Å². The number of piperidine rings is 1. The molecule has 0 saturated carbocycles. The lowest BCUT2D eigenvalue weighted by atomic mass is 9.88. The molecule has 1 heterocycles. The lowest BCUT2D eigenvalue weighted by Gasteiger charge is -2.34. The van der Waals surface area contributed by atoms with Gasteiger partial charge in [0.2, 0.25) is 0 Å². The van der Waals surface area contributed by atoms with E-state index in [4.69, 9.17) is 10.5 Å². The summed E-state index contributed by atoms with van der Waals surface area (Å²) in [7, 11) is 1.45. The molecule has 30 heavy (non-hydrogen) atoms. The van der Waals surface area contributed by atoms with Crippen molar-refractivity contribution in [3.63, 3.8) is 0 Å². The van der Waals surface area contributed by atoms with Crippen LogP contribution in [0.25, 0.3) is 0 Å². The predicted octanol–water partition coefficient (Wildman–Crippen LogP) is 2.80. The molecule has 0 amide bonds. The van der Waals surface area contributed by atoms with Gasteiger partial charge in [0.1, 0.15) is 18.6 Å². The summed E-state index contributed by atoms with van der Waals surface area (Å²) in [5.74, 6) is 0.201. The third-order valence-electron chi connectivity index (χ3n) is 5.91. The number of nitrogens with zero attached hydrogens (tertiary/aromatic N) is 1. The maximum Gasteiger partial charge on any atom is 0.191 e. The van der Waals surface area contributed by atoms with Crippen molar-refractivity contribution >= 4 is 5.78 Å². The largest absolute Gasteiger partial charge is 0.508 e. The van der Waals surface area contributed by atoms with Gasteiger partial charge in [-0.25, -0.2) is 0 Å². The van der Waals surface area contributed by atoms with E-state index in [1.54, 1.807) is 18.2 Å². The highest BCUT2D eigenvalue weighted by atomic mass is 16.5. The molecule has 4 N–H and O–H groups in total. The smallest absolute Gasteiger partial charge is 0.191 e. The van der Waals surface area contributed by atoms with E-state index < -0.39 is 6.23 Å². The number of aliphatic hydroxyl groups excluding tert-OH is 2. The number of carbonyl (C=O) groups excluding carboxylic acids is 1. The quantitative estimate of drug-likeness (QED) is 0.568. The molecular formula is C24H32N2O4. The fourth-order valence-electron chi connectivity index (χ4n) is 4.15. The van der Waals surface area contributed by atoms with Gasteiger partial charge in [0, 0.05) is 32.7 Å². The van der Waals surface area contributed by atoms with Crippen LogP contribution < -0.4 is 5.73 Å². The fourth-order valence-corrected chi connectivity index (χ4v) is 4.15. The van der Waals surface area contributed by atoms with Gasteiger partial charge < -0.3 is 20.7 Å². The van der Waals surface area contributed by atoms with Crippen LogP contribution in [0.5, 0.6) is 0 Å². The summed E-state index contributed by atoms with van der Waals surface area (Å²) >= 11 is 0. The molecule has 0 spiro atoms. The summed E-state index contributed by atoms with van der Waals surface area (Å²) in [6, 6.07) is 8.47. The number of methoxy groups -OCH3 is 1. The summed E-state index contributed by atoms with van der Waals surface area (Å²) < 4.78 is 4.84. The molecule has 2 aliphatic rings. The number of hydrogen-bond acceptors (Lipinski definition) is 6. The van der Waals surface area contributed by atoms with Crippen molar-refractivity contribution in [2.24, 2.45) is 11.7 Å². The van der Waals surface area contributed by atoms with Gasteiger partial charge in [-0.05, 0) is 48.5 Å². The van der Waals surface area contributed by atoms with Crippen molar-refractivity contribution in [2.45, 2.75) is 38.0 Å². The Kier molecular flexibility index (Phi) is 7.99. The first-order valence-electron chi connectivity index (χ1n) is 10.5. The molecule has 162 valence electrons. The zero-order valence-electron chi connectivity index (χ0n) is 17.5. The van der Waals surface area contributed by atoms with Crippen LogP contribution in [-0.2, 0) is 16.1 Å². The van der Waals surface area contributed by atoms with Crippen molar-refractivity contribution in [2.75, 3.05) is 26.8 Å². The lowest BCUT2D eigenvalue weighted by Crippen LogP contribution is -2.40. The van der Waals surface area contributed by atoms with Crippen LogP contribution >= 0.6 is 0 Å². The van der Waals surface area contributed by atoms with Gasteiger partial charge in [-0.15, -0.1) is 0 Å². The first kappa shape index (κ1) is 22.4. The third-order valence-corrected chi connectivity index (χ3v) is 5.91. The van der Waals surface area contributed by atoms with Crippen LogP contribution in [0.15, 0.2) is 59.9 Å².